The van der Waals surface area contributed by atoms with Crippen molar-refractivity contribution in [2.24, 2.45) is 0 Å². The van der Waals surface area contributed by atoms with Gasteiger partial charge in [0.15, 0.2) is 19.5 Å². The largest absolute Gasteiger partial charge is 0.497 e. The van der Waals surface area contributed by atoms with Crippen molar-refractivity contribution in [3.63, 3.8) is 0 Å². The number of ether oxygens (including phenoxy) is 4. The summed E-state index contributed by atoms with van der Waals surface area (Å²) in [5.41, 5.74) is 0.943. The molecule has 9 nitrogen and oxygen atoms in total. The average Bonchev–Trinajstić information content (AvgIpc) is 3.24. The van der Waals surface area contributed by atoms with Gasteiger partial charge in [0.05, 0.1) is 25.3 Å². The number of esters is 1. The molecule has 0 amide bonds. The number of aromatic nitrogens is 2. The lowest BCUT2D eigenvalue weighted by molar-refractivity contribution is -0.148. The molecular formula is C20H18N2O7. The second kappa shape index (κ2) is 9.36. The summed E-state index contributed by atoms with van der Waals surface area (Å²) in [5.74, 6) is 1.18. The van der Waals surface area contributed by atoms with Gasteiger partial charge in [-0.15, -0.1) is 0 Å². The molecule has 1 aromatic heterocycles. The molecule has 0 aliphatic rings. The van der Waals surface area contributed by atoms with Crippen LogP contribution >= 0.6 is 0 Å². The highest BCUT2D eigenvalue weighted by atomic mass is 16.6. The summed E-state index contributed by atoms with van der Waals surface area (Å²) in [6.45, 7) is -0.582. The van der Waals surface area contributed by atoms with E-state index in [1.165, 1.54) is 7.11 Å². The number of aldehydes is 1. The van der Waals surface area contributed by atoms with E-state index in [1.54, 1.807) is 49.6 Å². The van der Waals surface area contributed by atoms with Gasteiger partial charge in [-0.05, 0) is 24.3 Å². The van der Waals surface area contributed by atoms with Crippen LogP contribution in [0.15, 0.2) is 47.0 Å². The number of hydrogen-bond donors (Lipinski definition) is 0. The van der Waals surface area contributed by atoms with Crippen LogP contribution in [0.3, 0.4) is 0 Å². The Labute approximate surface area is 166 Å². The summed E-state index contributed by atoms with van der Waals surface area (Å²) >= 11 is 0. The minimum atomic E-state index is -0.646. The Hall–Kier alpha value is -3.88. The molecule has 3 rings (SSSR count). The molecule has 0 bridgehead atoms. The summed E-state index contributed by atoms with van der Waals surface area (Å²) in [4.78, 5) is 27.0. The molecule has 0 aliphatic heterocycles. The summed E-state index contributed by atoms with van der Waals surface area (Å²) < 4.78 is 26.0. The van der Waals surface area contributed by atoms with E-state index in [9.17, 15) is 9.59 Å². The molecule has 0 atom stereocenters. The van der Waals surface area contributed by atoms with Crippen LogP contribution in [0.5, 0.6) is 17.2 Å². The van der Waals surface area contributed by atoms with Crippen LogP contribution in [-0.2, 0) is 16.1 Å². The Morgan fingerprint density at radius 2 is 1.93 bits per heavy atom. The third-order valence-corrected chi connectivity index (χ3v) is 3.87. The maximum atomic E-state index is 11.9. The monoisotopic (exact) mass is 398 g/mol. The van der Waals surface area contributed by atoms with Crippen LogP contribution < -0.4 is 14.2 Å². The second-order valence-corrected chi connectivity index (χ2v) is 5.68. The van der Waals surface area contributed by atoms with Crippen molar-refractivity contribution < 1.29 is 33.1 Å². The number of benzene rings is 2. The van der Waals surface area contributed by atoms with Gasteiger partial charge in [-0.2, -0.15) is 4.98 Å². The fourth-order valence-electron chi connectivity index (χ4n) is 2.44. The van der Waals surface area contributed by atoms with Crippen molar-refractivity contribution in [1.82, 2.24) is 10.1 Å². The van der Waals surface area contributed by atoms with Gasteiger partial charge in [0.1, 0.15) is 17.2 Å². The van der Waals surface area contributed by atoms with Gasteiger partial charge in [-0.3, -0.25) is 4.79 Å². The van der Waals surface area contributed by atoms with Crippen molar-refractivity contribution in [3.05, 3.63) is 53.9 Å². The molecule has 150 valence electrons. The van der Waals surface area contributed by atoms with E-state index in [-0.39, 0.29) is 24.9 Å². The van der Waals surface area contributed by atoms with Gasteiger partial charge in [-0.1, -0.05) is 17.3 Å². The summed E-state index contributed by atoms with van der Waals surface area (Å²) in [6, 6.07) is 11.7. The maximum absolute atomic E-state index is 11.9. The fraction of sp³-hybridized carbons (Fsp3) is 0.200. The molecule has 1 heterocycles. The molecule has 0 radical (unpaired) electrons. The van der Waals surface area contributed by atoms with Crippen LogP contribution in [0, 0.1) is 0 Å². The van der Waals surface area contributed by atoms with E-state index < -0.39 is 5.97 Å². The standard InChI is InChI=1S/C20H18N2O7/c1-25-14-7-8-15(17(9-14)26-2)20-21-18(29-22-20)11-28-19(24)12-27-16-6-4-3-5-13(16)10-23/h3-10H,11-12H2,1-2H3. The Morgan fingerprint density at radius 3 is 2.69 bits per heavy atom. The highest BCUT2D eigenvalue weighted by molar-refractivity contribution is 5.79. The number of methoxy groups -OCH3 is 2. The molecule has 0 saturated heterocycles. The minimum Gasteiger partial charge on any atom is -0.497 e. The zero-order chi connectivity index (χ0) is 20.6. The third-order valence-electron chi connectivity index (χ3n) is 3.87. The van der Waals surface area contributed by atoms with Crippen LogP contribution in [0.4, 0.5) is 0 Å². The molecular weight excluding hydrogens is 380 g/mol. The van der Waals surface area contributed by atoms with Crippen molar-refractivity contribution in [3.8, 4) is 28.6 Å². The highest BCUT2D eigenvalue weighted by Gasteiger charge is 2.16. The van der Waals surface area contributed by atoms with Gasteiger partial charge in [0.2, 0.25) is 5.82 Å². The smallest absolute Gasteiger partial charge is 0.344 e. The van der Waals surface area contributed by atoms with Crippen molar-refractivity contribution >= 4 is 12.3 Å². The van der Waals surface area contributed by atoms with Crippen molar-refractivity contribution in [1.29, 1.82) is 0 Å². The lowest BCUT2D eigenvalue weighted by atomic mass is 10.2. The van der Waals surface area contributed by atoms with Crippen LogP contribution in [0.25, 0.3) is 11.4 Å². The van der Waals surface area contributed by atoms with E-state index in [1.807, 2.05) is 0 Å². The number of para-hydroxylation sites is 1. The topological polar surface area (TPSA) is 110 Å². The molecule has 0 unspecified atom stereocenters. The quantitative estimate of drug-likeness (QED) is 0.397. The SMILES string of the molecule is COc1ccc(-c2noc(COC(=O)COc3ccccc3C=O)n2)c(OC)c1. The van der Waals surface area contributed by atoms with E-state index >= 15 is 0 Å². The number of carbonyl (C=O) groups is 2. The predicted molar refractivity (Wildman–Crippen MR) is 100.0 cm³/mol. The lowest BCUT2D eigenvalue weighted by Crippen LogP contribution is -2.15. The fourth-order valence-corrected chi connectivity index (χ4v) is 2.44. The Bertz CT molecular complexity index is 1000. The van der Waals surface area contributed by atoms with E-state index in [4.69, 9.17) is 23.5 Å². The Morgan fingerprint density at radius 1 is 1.10 bits per heavy atom. The van der Waals surface area contributed by atoms with Gasteiger partial charge in [-0.25, -0.2) is 4.79 Å². The van der Waals surface area contributed by atoms with Crippen LogP contribution in [0.2, 0.25) is 0 Å². The van der Waals surface area contributed by atoms with Gasteiger partial charge in [0, 0.05) is 6.07 Å². The normalized spacial score (nSPS) is 10.3. The molecule has 0 spiro atoms. The summed E-state index contributed by atoms with van der Waals surface area (Å²) in [6.07, 6.45) is 0.647. The van der Waals surface area contributed by atoms with Crippen molar-refractivity contribution in [2.45, 2.75) is 6.61 Å². The first kappa shape index (κ1) is 19.9. The Balaban J connectivity index is 1.58. The van der Waals surface area contributed by atoms with Crippen LogP contribution in [0.1, 0.15) is 16.2 Å². The lowest BCUT2D eigenvalue weighted by Gasteiger charge is -2.07. The highest BCUT2D eigenvalue weighted by Crippen LogP contribution is 2.31. The zero-order valence-electron chi connectivity index (χ0n) is 15.8. The van der Waals surface area contributed by atoms with E-state index in [0.717, 1.165) is 0 Å². The van der Waals surface area contributed by atoms with Crippen LogP contribution in [-0.4, -0.2) is 43.2 Å². The number of carbonyl (C=O) groups excluding carboxylic acids is 2. The van der Waals surface area contributed by atoms with Gasteiger partial charge in [0.25, 0.3) is 5.89 Å². The second-order valence-electron chi connectivity index (χ2n) is 5.68. The maximum Gasteiger partial charge on any atom is 0.344 e. The zero-order valence-corrected chi connectivity index (χ0v) is 15.8. The first-order valence-corrected chi connectivity index (χ1v) is 8.52. The average molecular weight is 398 g/mol. The molecule has 0 fully saturated rings. The van der Waals surface area contributed by atoms with Gasteiger partial charge < -0.3 is 23.5 Å². The first-order valence-electron chi connectivity index (χ1n) is 8.52. The minimum absolute atomic E-state index is 0.111. The molecule has 2 aromatic carbocycles. The Kier molecular flexibility index (Phi) is 6.41. The van der Waals surface area contributed by atoms with Crippen molar-refractivity contribution in [2.75, 3.05) is 20.8 Å². The molecule has 3 aromatic rings. The molecule has 0 saturated carbocycles. The summed E-state index contributed by atoms with van der Waals surface area (Å²) in [5, 5.41) is 3.88. The number of rotatable bonds is 9. The molecule has 0 aliphatic carbocycles. The van der Waals surface area contributed by atoms with E-state index in [0.29, 0.717) is 34.7 Å². The molecule has 29 heavy (non-hydrogen) atoms. The van der Waals surface area contributed by atoms with Gasteiger partial charge >= 0.3 is 5.97 Å². The molecule has 0 N–H and O–H groups in total. The first-order chi connectivity index (χ1) is 14.1. The number of nitrogens with zero attached hydrogens (tertiary/aromatic N) is 2. The molecule has 9 heteroatoms. The number of hydrogen-bond acceptors (Lipinski definition) is 9. The van der Waals surface area contributed by atoms with E-state index in [2.05, 4.69) is 10.1 Å². The summed E-state index contributed by atoms with van der Waals surface area (Å²) in [7, 11) is 3.07. The third kappa shape index (κ3) is 4.89. The predicted octanol–water partition coefficient (Wildman–Crippen LogP) is 2.69.